The largest absolute Gasteiger partial charge is 0.478 e. The fourth-order valence-electron chi connectivity index (χ4n) is 0.733. The van der Waals surface area contributed by atoms with E-state index in [4.69, 9.17) is 20.4 Å². The van der Waals surface area contributed by atoms with Gasteiger partial charge >= 0.3 is 11.9 Å². The smallest absolute Gasteiger partial charge is 0.354 e. The van der Waals surface area contributed by atoms with Crippen LogP contribution in [0.3, 0.4) is 0 Å². The van der Waals surface area contributed by atoms with E-state index in [9.17, 15) is 13.8 Å². The highest BCUT2D eigenvalue weighted by molar-refractivity contribution is 7.97. The summed E-state index contributed by atoms with van der Waals surface area (Å²) in [4.78, 5) is 14.2. The molecule has 0 radical (unpaired) electrons. The Hall–Kier alpha value is -0.990. The second-order valence-electron chi connectivity index (χ2n) is 2.17. The summed E-state index contributed by atoms with van der Waals surface area (Å²) in [5.74, 6) is -4.04. The van der Waals surface area contributed by atoms with Crippen molar-refractivity contribution >= 4 is 22.7 Å². The molecule has 0 aromatic rings. The van der Waals surface area contributed by atoms with E-state index in [1.54, 1.807) is 0 Å². The average molecular weight is 196 g/mol. The van der Waals surface area contributed by atoms with Crippen LogP contribution in [0.4, 0.5) is 0 Å². The van der Waals surface area contributed by atoms with Crippen LogP contribution in [0.15, 0.2) is 0 Å². The van der Waals surface area contributed by atoms with Crippen LogP contribution in [0.2, 0.25) is 0 Å². The minimum Gasteiger partial charge on any atom is -0.478 e. The van der Waals surface area contributed by atoms with E-state index in [1.807, 2.05) is 0 Å². The van der Waals surface area contributed by atoms with Crippen LogP contribution in [-0.4, -0.2) is 46.4 Å². The van der Waals surface area contributed by atoms with Gasteiger partial charge in [0.05, 0.1) is 0 Å². The second-order valence-corrected chi connectivity index (χ2v) is 3.89. The molecule has 68 valence electrons. The van der Waals surface area contributed by atoms with E-state index in [1.165, 1.54) is 0 Å². The van der Waals surface area contributed by atoms with E-state index in [0.29, 0.717) is 0 Å². The van der Waals surface area contributed by atoms with Gasteiger partial charge in [0.25, 0.3) is 9.87 Å². The molecule has 0 spiro atoms. The Kier molecular flexibility index (Phi) is 1.54. The molecule has 0 saturated carbocycles. The summed E-state index contributed by atoms with van der Waals surface area (Å²) in [7, 11) is -2.72. The van der Waals surface area contributed by atoms with Crippen LogP contribution in [0.1, 0.15) is 0 Å². The van der Waals surface area contributed by atoms with Gasteiger partial charge in [-0.1, -0.05) is 0 Å². The summed E-state index contributed by atoms with van der Waals surface area (Å²) >= 11 is 0. The van der Waals surface area contributed by atoms with Crippen LogP contribution in [0.25, 0.3) is 0 Å². The van der Waals surface area contributed by atoms with Crippen molar-refractivity contribution in [2.75, 3.05) is 0 Å². The number of carboxylic acid groups (broad SMARTS) is 2. The molecule has 1 aliphatic heterocycles. The highest BCUT2D eigenvalue weighted by atomic mass is 32.2. The molecular weight excluding hydrogens is 192 g/mol. The summed E-state index contributed by atoms with van der Waals surface area (Å²) in [6, 6.07) is 0. The molecule has 0 aliphatic carbocycles. The number of aliphatic carboxylic acids is 2. The Balaban J connectivity index is 3.12. The molecule has 1 rings (SSSR count). The predicted molar refractivity (Wildman–Crippen MR) is 33.3 cm³/mol. The Bertz CT molecular complexity index is 270. The summed E-state index contributed by atoms with van der Waals surface area (Å²) in [6.07, 6.45) is 0. The average Bonchev–Trinajstić information content (AvgIpc) is 2.39. The van der Waals surface area contributed by atoms with E-state index in [0.717, 1.165) is 0 Å². The van der Waals surface area contributed by atoms with Crippen molar-refractivity contribution in [1.29, 1.82) is 0 Å². The van der Waals surface area contributed by atoms with Crippen LogP contribution in [-0.2, 0) is 20.4 Å². The number of carboxylic acids is 2. The van der Waals surface area contributed by atoms with Gasteiger partial charge in [-0.25, -0.2) is 9.59 Å². The normalized spacial score (nSPS) is 45.3. The molecule has 1 saturated heterocycles. The van der Waals surface area contributed by atoms with Gasteiger partial charge in [0.1, 0.15) is 10.8 Å². The van der Waals surface area contributed by atoms with Crippen LogP contribution >= 0.6 is 0 Å². The first kappa shape index (κ1) is 9.10. The molecule has 1 heterocycles. The number of hydrogen-bond donors (Lipinski definition) is 4. The van der Waals surface area contributed by atoms with Crippen LogP contribution in [0.5, 0.6) is 0 Å². The van der Waals surface area contributed by atoms with Gasteiger partial charge in [-0.2, -0.15) is 0 Å². The summed E-state index contributed by atoms with van der Waals surface area (Å²) in [5.41, 5.74) is 0. The lowest BCUT2D eigenvalue weighted by atomic mass is 10.2. The van der Waals surface area contributed by atoms with E-state index < -0.39 is 32.6 Å². The van der Waals surface area contributed by atoms with Gasteiger partial charge in [0, 0.05) is 0 Å². The maximum atomic E-state index is 10.6. The molecule has 0 amide bonds. The van der Waals surface area contributed by atoms with Crippen LogP contribution in [0, 0.1) is 0 Å². The van der Waals surface area contributed by atoms with Crippen molar-refractivity contribution < 1.29 is 34.2 Å². The standard InChI is InChI=1S/C4H4O7S/c5-1(6)3(9)4(10,2(7)8)12(3)11/h9-10H,(H,5,6)(H,7,8)/t3-,4-/m1/s1. The molecule has 0 aromatic carbocycles. The first-order valence-electron chi connectivity index (χ1n) is 2.63. The Morgan fingerprint density at radius 1 is 1.00 bits per heavy atom. The van der Waals surface area contributed by atoms with Crippen molar-refractivity contribution in [3.63, 3.8) is 0 Å². The van der Waals surface area contributed by atoms with E-state index in [2.05, 4.69) is 0 Å². The lowest BCUT2D eigenvalue weighted by molar-refractivity contribution is -0.165. The lowest BCUT2D eigenvalue weighted by Crippen LogP contribution is -2.39. The third kappa shape index (κ3) is 0.642. The topological polar surface area (TPSA) is 132 Å². The maximum absolute atomic E-state index is 10.6. The minimum absolute atomic E-state index is 2.02. The highest BCUT2D eigenvalue weighted by Crippen LogP contribution is 2.48. The predicted octanol–water partition coefficient (Wildman–Crippen LogP) is -2.70. The van der Waals surface area contributed by atoms with Crippen LogP contribution < -0.4 is 0 Å². The fourth-order valence-corrected chi connectivity index (χ4v) is 1.89. The molecule has 0 unspecified atom stereocenters. The number of hydrogen-bond acceptors (Lipinski definition) is 5. The number of carbonyl (C=O) groups is 2. The maximum Gasteiger partial charge on any atom is 0.354 e. The van der Waals surface area contributed by atoms with Crippen molar-refractivity contribution in [3.8, 4) is 0 Å². The zero-order valence-electron chi connectivity index (χ0n) is 5.42. The first-order chi connectivity index (χ1) is 5.29. The van der Waals surface area contributed by atoms with Gasteiger partial charge in [0.15, 0.2) is 0 Å². The SMILES string of the molecule is O=C(O)[C@@]1(O)S(=O)[C@]1(O)C(=O)O. The van der Waals surface area contributed by atoms with Crippen molar-refractivity contribution in [1.82, 2.24) is 0 Å². The molecule has 4 N–H and O–H groups in total. The third-order valence-corrected chi connectivity index (χ3v) is 3.34. The highest BCUT2D eigenvalue weighted by Gasteiger charge is 2.87. The second kappa shape index (κ2) is 2.03. The first-order valence-corrected chi connectivity index (χ1v) is 3.78. The Morgan fingerprint density at radius 2 is 1.25 bits per heavy atom. The summed E-state index contributed by atoms with van der Waals surface area (Å²) in [5, 5.41) is 34.1. The van der Waals surface area contributed by atoms with Gasteiger partial charge < -0.3 is 20.4 Å². The fraction of sp³-hybridized carbons (Fsp3) is 0.500. The van der Waals surface area contributed by atoms with E-state index in [-0.39, 0.29) is 0 Å². The van der Waals surface area contributed by atoms with Crippen molar-refractivity contribution in [3.05, 3.63) is 0 Å². The summed E-state index contributed by atoms with van der Waals surface area (Å²) < 4.78 is 10.6. The molecular formula is C4H4O7S. The molecule has 8 heteroatoms. The number of aliphatic hydroxyl groups is 2. The summed E-state index contributed by atoms with van der Waals surface area (Å²) in [6.45, 7) is 0. The Morgan fingerprint density at radius 3 is 1.33 bits per heavy atom. The molecule has 0 bridgehead atoms. The van der Waals surface area contributed by atoms with Gasteiger partial charge in [-0.3, -0.25) is 4.21 Å². The Labute approximate surface area is 67.7 Å². The lowest BCUT2D eigenvalue weighted by Gasteiger charge is -2.01. The third-order valence-electron chi connectivity index (χ3n) is 1.53. The molecule has 0 aromatic heterocycles. The monoisotopic (exact) mass is 196 g/mol. The molecule has 7 nitrogen and oxygen atoms in total. The minimum atomic E-state index is -3.07. The molecule has 2 atom stereocenters. The molecule has 12 heavy (non-hydrogen) atoms. The zero-order valence-corrected chi connectivity index (χ0v) is 6.24. The molecule has 1 fully saturated rings. The van der Waals surface area contributed by atoms with Gasteiger partial charge in [-0.15, -0.1) is 0 Å². The molecule has 1 aliphatic rings. The van der Waals surface area contributed by atoms with Gasteiger partial charge in [-0.05, 0) is 0 Å². The van der Waals surface area contributed by atoms with Crippen molar-refractivity contribution in [2.24, 2.45) is 0 Å². The number of rotatable bonds is 2. The zero-order chi connectivity index (χ0) is 9.73. The van der Waals surface area contributed by atoms with Crippen molar-refractivity contribution in [2.45, 2.75) is 9.87 Å². The van der Waals surface area contributed by atoms with Gasteiger partial charge in [0.2, 0.25) is 0 Å². The van der Waals surface area contributed by atoms with E-state index >= 15 is 0 Å². The quantitative estimate of drug-likeness (QED) is 0.353.